The number of likely N-dealkylation sites (tertiary alicyclic amines) is 1. The quantitative estimate of drug-likeness (QED) is 0.573. The molecule has 0 N–H and O–H groups in total. The van der Waals surface area contributed by atoms with Gasteiger partial charge in [0.25, 0.3) is 11.8 Å². The average molecular weight is 474 g/mol. The summed E-state index contributed by atoms with van der Waals surface area (Å²) in [5.74, 6) is -0.192. The third kappa shape index (κ3) is 4.22. The molecule has 2 saturated heterocycles. The molecule has 0 bridgehead atoms. The van der Waals surface area contributed by atoms with Crippen LogP contribution < -0.4 is 0 Å². The van der Waals surface area contributed by atoms with Crippen molar-refractivity contribution in [2.75, 3.05) is 39.3 Å². The summed E-state index contributed by atoms with van der Waals surface area (Å²) in [4.78, 5) is 31.6. The number of halogens is 3. The van der Waals surface area contributed by atoms with E-state index in [1.165, 1.54) is 12.1 Å². The molecular weight excluding hydrogens is 451 g/mol. The van der Waals surface area contributed by atoms with Crippen LogP contribution in [-0.2, 0) is 6.18 Å². The third-order valence-corrected chi connectivity index (χ3v) is 7.45. The van der Waals surface area contributed by atoms with Gasteiger partial charge in [0, 0.05) is 61.0 Å². The Morgan fingerprint density at radius 3 is 2.21 bits per heavy atom. The number of alkyl halides is 3. The first-order chi connectivity index (χ1) is 15.8. The van der Waals surface area contributed by atoms with Gasteiger partial charge in [0.05, 0.1) is 10.4 Å². The summed E-state index contributed by atoms with van der Waals surface area (Å²) >= 11 is 1.10. The maximum Gasteiger partial charge on any atom is 0.417 e. The Morgan fingerprint density at radius 2 is 1.55 bits per heavy atom. The van der Waals surface area contributed by atoms with Crippen LogP contribution in [0.25, 0.3) is 10.1 Å². The largest absolute Gasteiger partial charge is 0.417 e. The molecule has 33 heavy (non-hydrogen) atoms. The molecule has 5 rings (SSSR count). The highest BCUT2D eigenvalue weighted by Crippen LogP contribution is 2.38. The van der Waals surface area contributed by atoms with E-state index in [9.17, 15) is 22.8 Å². The minimum Gasteiger partial charge on any atom is -0.336 e. The summed E-state index contributed by atoms with van der Waals surface area (Å²) in [6.07, 6.45) is -4.45. The number of thiophene rings is 1. The summed E-state index contributed by atoms with van der Waals surface area (Å²) in [6, 6.07) is 14.8. The number of benzene rings is 2. The van der Waals surface area contributed by atoms with E-state index in [2.05, 4.69) is 4.90 Å². The molecule has 3 heterocycles. The van der Waals surface area contributed by atoms with Crippen LogP contribution in [0.2, 0.25) is 0 Å². The van der Waals surface area contributed by atoms with Crippen molar-refractivity contribution >= 4 is 33.2 Å². The second-order valence-electron chi connectivity index (χ2n) is 8.38. The lowest BCUT2D eigenvalue weighted by Crippen LogP contribution is -2.64. The fourth-order valence-corrected chi connectivity index (χ4v) is 5.53. The monoisotopic (exact) mass is 473 g/mol. The van der Waals surface area contributed by atoms with Crippen molar-refractivity contribution in [1.29, 1.82) is 0 Å². The Hall–Kier alpha value is -2.91. The maximum atomic E-state index is 13.3. The van der Waals surface area contributed by atoms with Gasteiger partial charge < -0.3 is 9.80 Å². The number of fused-ring (bicyclic) bond motifs is 1. The number of rotatable bonds is 3. The predicted octanol–water partition coefficient (Wildman–Crippen LogP) is 4.20. The molecule has 2 aliphatic rings. The van der Waals surface area contributed by atoms with Gasteiger partial charge in [-0.05, 0) is 30.3 Å². The fourth-order valence-electron chi connectivity index (χ4n) is 4.47. The topological polar surface area (TPSA) is 43.9 Å². The van der Waals surface area contributed by atoms with E-state index in [4.69, 9.17) is 0 Å². The highest BCUT2D eigenvalue weighted by Gasteiger charge is 2.38. The van der Waals surface area contributed by atoms with E-state index in [-0.39, 0.29) is 23.2 Å². The standard InChI is InChI=1S/C24H22F3N3O2S/c25-24(26,27)19-7-4-8-20-18(19)13-21(33-20)23(32)30-14-17(15-30)28-9-11-29(12-10-28)22(31)16-5-2-1-3-6-16/h1-8,13,17H,9-12,14-15H2. The van der Waals surface area contributed by atoms with E-state index >= 15 is 0 Å². The molecule has 0 unspecified atom stereocenters. The second-order valence-corrected chi connectivity index (χ2v) is 9.47. The van der Waals surface area contributed by atoms with Crippen molar-refractivity contribution in [2.24, 2.45) is 0 Å². The van der Waals surface area contributed by atoms with Gasteiger partial charge in [-0.15, -0.1) is 11.3 Å². The molecule has 2 aromatic carbocycles. The van der Waals surface area contributed by atoms with Crippen LogP contribution in [0.5, 0.6) is 0 Å². The van der Waals surface area contributed by atoms with Crippen molar-refractivity contribution in [1.82, 2.24) is 14.7 Å². The SMILES string of the molecule is O=C(c1ccccc1)N1CCN(C2CN(C(=O)c3cc4c(C(F)(F)F)cccc4s3)C2)CC1. The van der Waals surface area contributed by atoms with Crippen LogP contribution in [0.1, 0.15) is 25.6 Å². The number of piperazine rings is 1. The van der Waals surface area contributed by atoms with Gasteiger partial charge >= 0.3 is 6.18 Å². The average Bonchev–Trinajstić information content (AvgIpc) is 3.22. The smallest absolute Gasteiger partial charge is 0.336 e. The first kappa shape index (κ1) is 21.9. The molecular formula is C24H22F3N3O2S. The lowest BCUT2D eigenvalue weighted by atomic mass is 10.0. The number of carbonyl (C=O) groups excluding carboxylic acids is 2. The minimum absolute atomic E-state index is 0.0312. The van der Waals surface area contributed by atoms with Crippen LogP contribution in [0.4, 0.5) is 13.2 Å². The van der Waals surface area contributed by atoms with Crippen molar-refractivity contribution in [3.63, 3.8) is 0 Å². The zero-order valence-electron chi connectivity index (χ0n) is 17.7. The maximum absolute atomic E-state index is 13.3. The summed E-state index contributed by atoms with van der Waals surface area (Å²) in [7, 11) is 0. The Morgan fingerprint density at radius 1 is 0.848 bits per heavy atom. The predicted molar refractivity (Wildman–Crippen MR) is 120 cm³/mol. The lowest BCUT2D eigenvalue weighted by molar-refractivity contribution is -0.136. The van der Waals surface area contributed by atoms with Crippen LogP contribution in [0, 0.1) is 0 Å². The van der Waals surface area contributed by atoms with Crippen molar-refractivity contribution in [2.45, 2.75) is 12.2 Å². The number of hydrogen-bond acceptors (Lipinski definition) is 4. The molecule has 0 spiro atoms. The normalized spacial score (nSPS) is 17.9. The number of nitrogens with zero attached hydrogens (tertiary/aromatic N) is 3. The van der Waals surface area contributed by atoms with Crippen molar-refractivity contribution < 1.29 is 22.8 Å². The zero-order valence-corrected chi connectivity index (χ0v) is 18.5. The van der Waals surface area contributed by atoms with Gasteiger partial charge in [-0.25, -0.2) is 0 Å². The molecule has 0 radical (unpaired) electrons. The fraction of sp³-hybridized carbons (Fsp3) is 0.333. The van der Waals surface area contributed by atoms with Gasteiger partial charge in [-0.3, -0.25) is 14.5 Å². The van der Waals surface area contributed by atoms with Crippen molar-refractivity contribution in [3.05, 3.63) is 70.6 Å². The summed E-state index contributed by atoms with van der Waals surface area (Å²) < 4.78 is 40.3. The van der Waals surface area contributed by atoms with E-state index in [0.29, 0.717) is 41.3 Å². The Balaban J connectivity index is 1.18. The van der Waals surface area contributed by atoms with E-state index in [1.54, 1.807) is 11.0 Å². The zero-order chi connectivity index (χ0) is 23.2. The molecule has 3 aromatic rings. The highest BCUT2D eigenvalue weighted by atomic mass is 32.1. The molecule has 1 aromatic heterocycles. The highest BCUT2D eigenvalue weighted by molar-refractivity contribution is 7.20. The third-order valence-electron chi connectivity index (χ3n) is 6.37. The minimum atomic E-state index is -4.45. The molecule has 2 aliphatic heterocycles. The molecule has 9 heteroatoms. The van der Waals surface area contributed by atoms with Crippen LogP contribution in [0.15, 0.2) is 54.6 Å². The Labute approximate surface area is 193 Å². The summed E-state index contributed by atoms with van der Waals surface area (Å²) in [6.45, 7) is 3.84. The van der Waals surface area contributed by atoms with E-state index < -0.39 is 11.7 Å². The van der Waals surface area contributed by atoms with Gasteiger partial charge in [-0.2, -0.15) is 13.2 Å². The number of carbonyl (C=O) groups is 2. The molecule has 0 aliphatic carbocycles. The second kappa shape index (κ2) is 8.46. The first-order valence-corrected chi connectivity index (χ1v) is 11.6. The molecule has 0 saturated carbocycles. The van der Waals surface area contributed by atoms with Crippen molar-refractivity contribution in [3.8, 4) is 0 Å². The molecule has 5 nitrogen and oxygen atoms in total. The van der Waals surface area contributed by atoms with Gasteiger partial charge in [0.1, 0.15) is 0 Å². The van der Waals surface area contributed by atoms with Crippen LogP contribution >= 0.6 is 11.3 Å². The Bertz CT molecular complexity index is 1180. The molecule has 172 valence electrons. The van der Waals surface area contributed by atoms with Gasteiger partial charge in [-0.1, -0.05) is 24.3 Å². The summed E-state index contributed by atoms with van der Waals surface area (Å²) in [5.41, 5.74) is -0.0249. The van der Waals surface area contributed by atoms with E-state index in [0.717, 1.165) is 30.5 Å². The molecule has 2 amide bonds. The molecule has 2 fully saturated rings. The number of amides is 2. The summed E-state index contributed by atoms with van der Waals surface area (Å²) in [5, 5.41) is 0.0784. The van der Waals surface area contributed by atoms with Gasteiger partial charge in [0.15, 0.2) is 0 Å². The molecule has 0 atom stereocenters. The van der Waals surface area contributed by atoms with Crippen LogP contribution in [0.3, 0.4) is 0 Å². The lowest BCUT2D eigenvalue weighted by Gasteiger charge is -2.48. The van der Waals surface area contributed by atoms with E-state index in [1.807, 2.05) is 35.2 Å². The first-order valence-electron chi connectivity index (χ1n) is 10.8. The van der Waals surface area contributed by atoms with Crippen LogP contribution in [-0.4, -0.2) is 71.8 Å². The Kier molecular flexibility index (Phi) is 5.62. The number of hydrogen-bond donors (Lipinski definition) is 0. The van der Waals surface area contributed by atoms with Gasteiger partial charge in [0.2, 0.25) is 0 Å².